The molecule has 1 aliphatic rings. The van der Waals surface area contributed by atoms with Crippen LogP contribution in [-0.2, 0) is 5.41 Å². The van der Waals surface area contributed by atoms with Crippen LogP contribution in [0.4, 0.5) is 0 Å². The van der Waals surface area contributed by atoms with Gasteiger partial charge in [-0.15, -0.1) is 0 Å². The van der Waals surface area contributed by atoms with E-state index in [0.29, 0.717) is 0 Å². The molecule has 0 heteroatoms. The SMILES string of the molecule is CC.CC1(C)c2cc3c(ccc4ccccc43)cc2-c2cccc3cc4ccccc4c1c23. The van der Waals surface area contributed by atoms with Crippen molar-refractivity contribution in [2.45, 2.75) is 33.1 Å². The summed E-state index contributed by atoms with van der Waals surface area (Å²) in [6, 6.07) is 36.2. The molecule has 0 spiro atoms. The molecule has 0 unspecified atom stereocenters. The van der Waals surface area contributed by atoms with Gasteiger partial charge in [0.25, 0.3) is 0 Å². The molecule has 0 aliphatic heterocycles. The van der Waals surface area contributed by atoms with Gasteiger partial charge < -0.3 is 0 Å². The molecule has 0 saturated heterocycles. The van der Waals surface area contributed by atoms with E-state index >= 15 is 0 Å². The van der Waals surface area contributed by atoms with E-state index in [1.807, 2.05) is 13.8 Å². The summed E-state index contributed by atoms with van der Waals surface area (Å²) in [5, 5.41) is 10.7. The highest BCUT2D eigenvalue weighted by Crippen LogP contribution is 2.52. The number of benzene rings is 6. The summed E-state index contributed by atoms with van der Waals surface area (Å²) < 4.78 is 0. The van der Waals surface area contributed by atoms with Gasteiger partial charge in [-0.05, 0) is 83.5 Å². The lowest BCUT2D eigenvalue weighted by atomic mass is 9.66. The minimum atomic E-state index is -0.0894. The summed E-state index contributed by atoms with van der Waals surface area (Å²) >= 11 is 0. The minimum Gasteiger partial charge on any atom is -0.0683 e. The van der Waals surface area contributed by atoms with Crippen LogP contribution in [0.1, 0.15) is 38.8 Å². The Kier molecular flexibility index (Phi) is 4.35. The maximum Gasteiger partial charge on any atom is 0.0165 e. The smallest absolute Gasteiger partial charge is 0.0165 e. The lowest BCUT2D eigenvalue weighted by Crippen LogP contribution is -2.24. The molecule has 0 atom stereocenters. The molecule has 1 aliphatic carbocycles. The topological polar surface area (TPSA) is 0 Å². The molecule has 0 radical (unpaired) electrons. The Labute approximate surface area is 195 Å². The van der Waals surface area contributed by atoms with E-state index in [1.165, 1.54) is 65.3 Å². The summed E-state index contributed by atoms with van der Waals surface area (Å²) in [7, 11) is 0. The zero-order valence-electron chi connectivity index (χ0n) is 19.7. The van der Waals surface area contributed by atoms with E-state index in [2.05, 4.69) is 111 Å². The summed E-state index contributed by atoms with van der Waals surface area (Å²) in [5.74, 6) is 0. The normalized spacial score (nSPS) is 13.7. The van der Waals surface area contributed by atoms with E-state index in [-0.39, 0.29) is 5.41 Å². The zero-order chi connectivity index (χ0) is 22.7. The van der Waals surface area contributed by atoms with Crippen LogP contribution in [0.5, 0.6) is 0 Å². The number of hydrogen-bond acceptors (Lipinski definition) is 0. The first kappa shape index (κ1) is 20.0. The van der Waals surface area contributed by atoms with Gasteiger partial charge in [-0.2, -0.15) is 0 Å². The third-order valence-corrected chi connectivity index (χ3v) is 7.36. The van der Waals surface area contributed by atoms with Crippen molar-refractivity contribution >= 4 is 43.1 Å². The van der Waals surface area contributed by atoms with Gasteiger partial charge in [-0.1, -0.05) is 107 Å². The van der Waals surface area contributed by atoms with Crippen molar-refractivity contribution in [3.63, 3.8) is 0 Å². The van der Waals surface area contributed by atoms with Crippen LogP contribution in [0.3, 0.4) is 0 Å². The van der Waals surface area contributed by atoms with Crippen molar-refractivity contribution in [2.75, 3.05) is 0 Å². The second-order valence-electron chi connectivity index (χ2n) is 9.41. The fourth-order valence-corrected chi connectivity index (χ4v) is 5.93. The molecule has 0 N–H and O–H groups in total. The van der Waals surface area contributed by atoms with Gasteiger partial charge in [0.05, 0.1) is 0 Å². The molecular weight excluding hydrogens is 396 g/mol. The fourth-order valence-electron chi connectivity index (χ4n) is 5.93. The molecule has 0 nitrogen and oxygen atoms in total. The van der Waals surface area contributed by atoms with Crippen molar-refractivity contribution in [3.8, 4) is 11.1 Å². The lowest BCUT2D eigenvalue weighted by Gasteiger charge is -2.36. The van der Waals surface area contributed by atoms with Gasteiger partial charge >= 0.3 is 0 Å². The van der Waals surface area contributed by atoms with Crippen molar-refractivity contribution in [1.29, 1.82) is 0 Å². The number of hydrogen-bond donors (Lipinski definition) is 0. The molecule has 33 heavy (non-hydrogen) atoms. The first-order valence-electron chi connectivity index (χ1n) is 12.0. The van der Waals surface area contributed by atoms with Crippen molar-refractivity contribution in [3.05, 3.63) is 108 Å². The molecule has 0 fully saturated rings. The van der Waals surface area contributed by atoms with Crippen molar-refractivity contribution < 1.29 is 0 Å². The van der Waals surface area contributed by atoms with Gasteiger partial charge in [0, 0.05) is 5.41 Å². The van der Waals surface area contributed by atoms with Crippen LogP contribution < -0.4 is 0 Å². The number of fused-ring (bicyclic) bond motifs is 7. The third kappa shape index (κ3) is 2.70. The Morgan fingerprint density at radius 2 is 1.12 bits per heavy atom. The molecule has 6 aromatic rings. The molecular formula is C33H28. The Hall–Kier alpha value is -3.64. The molecule has 0 saturated carbocycles. The largest absolute Gasteiger partial charge is 0.0683 e. The van der Waals surface area contributed by atoms with E-state index in [4.69, 9.17) is 0 Å². The maximum absolute atomic E-state index is 2.47. The minimum absolute atomic E-state index is 0.0894. The summed E-state index contributed by atoms with van der Waals surface area (Å²) in [6.07, 6.45) is 0. The van der Waals surface area contributed by atoms with Crippen molar-refractivity contribution in [1.82, 2.24) is 0 Å². The summed E-state index contributed by atoms with van der Waals surface area (Å²) in [6.45, 7) is 8.81. The molecule has 0 heterocycles. The van der Waals surface area contributed by atoms with Crippen LogP contribution in [0.15, 0.2) is 97.1 Å². The number of rotatable bonds is 0. The van der Waals surface area contributed by atoms with E-state index in [0.717, 1.165) is 0 Å². The second-order valence-corrected chi connectivity index (χ2v) is 9.41. The molecule has 7 rings (SSSR count). The van der Waals surface area contributed by atoms with E-state index in [9.17, 15) is 0 Å². The van der Waals surface area contributed by atoms with Crippen LogP contribution in [0, 0.1) is 0 Å². The van der Waals surface area contributed by atoms with E-state index < -0.39 is 0 Å². The lowest BCUT2D eigenvalue weighted by molar-refractivity contribution is 0.652. The predicted octanol–water partition coefficient (Wildman–Crippen LogP) is 9.63. The average Bonchev–Trinajstić information content (AvgIpc) is 2.86. The Morgan fingerprint density at radius 1 is 0.485 bits per heavy atom. The van der Waals surface area contributed by atoms with Crippen LogP contribution in [-0.4, -0.2) is 0 Å². The predicted molar refractivity (Wildman–Crippen MR) is 145 cm³/mol. The second kappa shape index (κ2) is 7.18. The quantitative estimate of drug-likeness (QED) is 0.168. The summed E-state index contributed by atoms with van der Waals surface area (Å²) in [5.41, 5.74) is 5.54. The Bertz CT molecular complexity index is 1700. The molecule has 6 aromatic carbocycles. The zero-order valence-corrected chi connectivity index (χ0v) is 19.7. The van der Waals surface area contributed by atoms with Crippen LogP contribution >= 0.6 is 0 Å². The highest BCUT2D eigenvalue weighted by Gasteiger charge is 2.35. The molecule has 160 valence electrons. The Morgan fingerprint density at radius 3 is 1.94 bits per heavy atom. The van der Waals surface area contributed by atoms with Crippen molar-refractivity contribution in [2.24, 2.45) is 0 Å². The van der Waals surface area contributed by atoms with Gasteiger partial charge in [-0.3, -0.25) is 0 Å². The highest BCUT2D eigenvalue weighted by molar-refractivity contribution is 6.15. The van der Waals surface area contributed by atoms with E-state index in [1.54, 1.807) is 0 Å². The van der Waals surface area contributed by atoms with Crippen LogP contribution in [0.25, 0.3) is 54.2 Å². The molecule has 0 bridgehead atoms. The molecule has 0 amide bonds. The third-order valence-electron chi connectivity index (χ3n) is 7.36. The van der Waals surface area contributed by atoms with Gasteiger partial charge in [0.1, 0.15) is 0 Å². The fraction of sp³-hybridized carbons (Fsp3) is 0.152. The first-order valence-corrected chi connectivity index (χ1v) is 12.0. The van der Waals surface area contributed by atoms with Gasteiger partial charge in [0.2, 0.25) is 0 Å². The Balaban J connectivity index is 0.00000101. The average molecular weight is 425 g/mol. The molecule has 0 aromatic heterocycles. The highest BCUT2D eigenvalue weighted by atomic mass is 14.4. The van der Waals surface area contributed by atoms with Gasteiger partial charge in [-0.25, -0.2) is 0 Å². The van der Waals surface area contributed by atoms with Crippen LogP contribution in [0.2, 0.25) is 0 Å². The standard InChI is InChI=1S/C31H22.C2H6/c1-31(2)28-18-26-21(15-14-19-8-3-5-11-23(19)26)17-27(28)25-13-7-10-22-16-20-9-4-6-12-24(20)30(31)29(22)25;1-2/h3-18H,1-2H3;1-2H3. The first-order chi connectivity index (χ1) is 16.1. The monoisotopic (exact) mass is 424 g/mol. The summed E-state index contributed by atoms with van der Waals surface area (Å²) in [4.78, 5) is 0. The maximum atomic E-state index is 2.47. The van der Waals surface area contributed by atoms with Gasteiger partial charge in [0.15, 0.2) is 0 Å².